The molecular formula is C22H27N3O3S. The van der Waals surface area contributed by atoms with Gasteiger partial charge in [0.25, 0.3) is 0 Å². The molecule has 0 unspecified atom stereocenters. The Morgan fingerprint density at radius 2 is 1.45 bits per heavy atom. The number of thioether (sulfide) groups is 1. The van der Waals surface area contributed by atoms with E-state index in [9.17, 15) is 14.4 Å². The molecule has 0 spiro atoms. The summed E-state index contributed by atoms with van der Waals surface area (Å²) in [6.07, 6.45) is 0.445. The predicted octanol–water partition coefficient (Wildman–Crippen LogP) is 4.67. The Bertz CT molecular complexity index is 897. The first kappa shape index (κ1) is 22.5. The normalized spacial score (nSPS) is 10.5. The minimum absolute atomic E-state index is 0.0447. The van der Waals surface area contributed by atoms with Crippen molar-refractivity contribution in [2.45, 2.75) is 39.0 Å². The van der Waals surface area contributed by atoms with Crippen molar-refractivity contribution in [1.29, 1.82) is 0 Å². The van der Waals surface area contributed by atoms with Crippen LogP contribution in [0.5, 0.6) is 0 Å². The molecule has 0 radical (unpaired) electrons. The summed E-state index contributed by atoms with van der Waals surface area (Å²) in [7, 11) is 0. The molecule has 7 heteroatoms. The van der Waals surface area contributed by atoms with E-state index in [0.29, 0.717) is 23.5 Å². The van der Waals surface area contributed by atoms with Crippen molar-refractivity contribution >= 4 is 46.5 Å². The van der Waals surface area contributed by atoms with Crippen LogP contribution in [-0.2, 0) is 14.4 Å². The van der Waals surface area contributed by atoms with Gasteiger partial charge in [0.1, 0.15) is 0 Å². The van der Waals surface area contributed by atoms with Crippen LogP contribution in [0.3, 0.4) is 0 Å². The lowest BCUT2D eigenvalue weighted by atomic mass is 10.1. The molecule has 2 aromatic carbocycles. The van der Waals surface area contributed by atoms with Gasteiger partial charge >= 0.3 is 0 Å². The Morgan fingerprint density at radius 1 is 0.862 bits per heavy atom. The van der Waals surface area contributed by atoms with Gasteiger partial charge in [-0.1, -0.05) is 32.0 Å². The summed E-state index contributed by atoms with van der Waals surface area (Å²) < 4.78 is 0. The molecular weight excluding hydrogens is 386 g/mol. The summed E-state index contributed by atoms with van der Waals surface area (Å²) in [6.45, 7) is 7.29. The Balaban J connectivity index is 2.00. The van der Waals surface area contributed by atoms with Crippen molar-refractivity contribution < 1.29 is 14.4 Å². The number of carbonyl (C=O) groups is 3. The van der Waals surface area contributed by atoms with E-state index in [1.54, 1.807) is 18.2 Å². The summed E-state index contributed by atoms with van der Waals surface area (Å²) >= 11 is 1.35. The molecule has 6 nitrogen and oxygen atoms in total. The number of hydrogen-bond acceptors (Lipinski definition) is 4. The van der Waals surface area contributed by atoms with Crippen LogP contribution < -0.4 is 16.0 Å². The third-order valence-corrected chi connectivity index (χ3v) is 5.11. The van der Waals surface area contributed by atoms with Crippen molar-refractivity contribution in [3.63, 3.8) is 0 Å². The molecule has 0 heterocycles. The van der Waals surface area contributed by atoms with Gasteiger partial charge in [-0.3, -0.25) is 14.4 Å². The average Bonchev–Trinajstić information content (AvgIpc) is 2.63. The third-order valence-electron chi connectivity index (χ3n) is 4.03. The number of rotatable bonds is 8. The van der Waals surface area contributed by atoms with Gasteiger partial charge in [0.05, 0.1) is 11.4 Å². The Labute approximate surface area is 175 Å². The highest BCUT2D eigenvalue weighted by molar-refractivity contribution is 8.00. The zero-order valence-electron chi connectivity index (χ0n) is 17.2. The fourth-order valence-electron chi connectivity index (χ4n) is 2.69. The zero-order chi connectivity index (χ0) is 21.4. The lowest BCUT2D eigenvalue weighted by Crippen LogP contribution is -2.17. The Hall–Kier alpha value is -2.80. The minimum atomic E-state index is -0.165. The van der Waals surface area contributed by atoms with Crippen molar-refractivity contribution in [1.82, 2.24) is 0 Å². The zero-order valence-corrected chi connectivity index (χ0v) is 18.0. The summed E-state index contributed by atoms with van der Waals surface area (Å²) in [5.41, 5.74) is 2.84. The Morgan fingerprint density at radius 3 is 2.07 bits per heavy atom. The highest BCUT2D eigenvalue weighted by atomic mass is 32.2. The first-order chi connectivity index (χ1) is 13.8. The van der Waals surface area contributed by atoms with Crippen LogP contribution >= 0.6 is 11.8 Å². The van der Waals surface area contributed by atoms with Crippen molar-refractivity contribution in [3.05, 3.63) is 48.0 Å². The fourth-order valence-corrected chi connectivity index (χ4v) is 3.50. The molecule has 0 bridgehead atoms. The van der Waals surface area contributed by atoms with E-state index < -0.39 is 0 Å². The molecule has 154 valence electrons. The monoisotopic (exact) mass is 413 g/mol. The maximum absolute atomic E-state index is 12.4. The molecule has 2 aromatic rings. The van der Waals surface area contributed by atoms with E-state index in [1.807, 2.05) is 45.0 Å². The van der Waals surface area contributed by atoms with Crippen LogP contribution in [0.1, 0.15) is 32.8 Å². The molecule has 29 heavy (non-hydrogen) atoms. The molecule has 3 N–H and O–H groups in total. The second-order valence-corrected chi connectivity index (χ2v) is 8.16. The number of benzene rings is 2. The molecule has 0 saturated heterocycles. The number of para-hydroxylation sites is 1. The first-order valence-corrected chi connectivity index (χ1v) is 10.4. The molecule has 0 fully saturated rings. The van der Waals surface area contributed by atoms with E-state index in [2.05, 4.69) is 16.0 Å². The van der Waals surface area contributed by atoms with Gasteiger partial charge in [-0.25, -0.2) is 0 Å². The number of hydrogen-bond donors (Lipinski definition) is 3. The molecule has 0 saturated carbocycles. The van der Waals surface area contributed by atoms with Crippen LogP contribution in [0.15, 0.2) is 47.4 Å². The predicted molar refractivity (Wildman–Crippen MR) is 119 cm³/mol. The first-order valence-electron chi connectivity index (χ1n) is 9.45. The third kappa shape index (κ3) is 7.27. The number of anilines is 3. The highest BCUT2D eigenvalue weighted by Gasteiger charge is 2.12. The smallest absolute Gasteiger partial charge is 0.234 e. The van der Waals surface area contributed by atoms with Crippen LogP contribution in [0.2, 0.25) is 0 Å². The van der Waals surface area contributed by atoms with Crippen LogP contribution in [-0.4, -0.2) is 23.5 Å². The molecule has 0 aliphatic heterocycles. The van der Waals surface area contributed by atoms with E-state index in [0.717, 1.165) is 10.5 Å². The highest BCUT2D eigenvalue weighted by Crippen LogP contribution is 2.28. The van der Waals surface area contributed by atoms with Gasteiger partial charge in [-0.15, -0.1) is 11.8 Å². The second kappa shape index (κ2) is 10.7. The SMILES string of the molecule is CC(=O)Nc1ccccc1SCC(=O)Nc1cccc(NC(=O)CC(C)C)c1C. The van der Waals surface area contributed by atoms with Crippen LogP contribution in [0.25, 0.3) is 0 Å². The van der Waals surface area contributed by atoms with E-state index >= 15 is 0 Å². The van der Waals surface area contributed by atoms with E-state index in [4.69, 9.17) is 0 Å². The van der Waals surface area contributed by atoms with Crippen LogP contribution in [0.4, 0.5) is 17.1 Å². The molecule has 0 aromatic heterocycles. The number of carbonyl (C=O) groups excluding carboxylic acids is 3. The quantitative estimate of drug-likeness (QED) is 0.549. The topological polar surface area (TPSA) is 87.3 Å². The van der Waals surface area contributed by atoms with E-state index in [-0.39, 0.29) is 29.4 Å². The number of amides is 3. The van der Waals surface area contributed by atoms with Crippen molar-refractivity contribution in [2.75, 3.05) is 21.7 Å². The average molecular weight is 414 g/mol. The van der Waals surface area contributed by atoms with Gasteiger partial charge in [0.15, 0.2) is 0 Å². The molecule has 3 amide bonds. The summed E-state index contributed by atoms with van der Waals surface area (Å²) in [4.78, 5) is 36.6. The van der Waals surface area contributed by atoms with Crippen molar-refractivity contribution in [2.24, 2.45) is 5.92 Å². The van der Waals surface area contributed by atoms with Crippen LogP contribution in [0, 0.1) is 12.8 Å². The van der Waals surface area contributed by atoms with Gasteiger partial charge in [0, 0.05) is 29.6 Å². The van der Waals surface area contributed by atoms with Crippen molar-refractivity contribution in [3.8, 4) is 0 Å². The Kier molecular flexibility index (Phi) is 8.27. The molecule has 2 rings (SSSR count). The lowest BCUT2D eigenvalue weighted by Gasteiger charge is -2.14. The van der Waals surface area contributed by atoms with E-state index in [1.165, 1.54) is 18.7 Å². The second-order valence-electron chi connectivity index (χ2n) is 7.14. The largest absolute Gasteiger partial charge is 0.326 e. The number of nitrogens with one attached hydrogen (secondary N) is 3. The lowest BCUT2D eigenvalue weighted by molar-refractivity contribution is -0.117. The summed E-state index contributed by atoms with van der Waals surface area (Å²) in [5, 5.41) is 8.56. The minimum Gasteiger partial charge on any atom is -0.326 e. The maximum atomic E-state index is 12.4. The molecule has 0 atom stereocenters. The van der Waals surface area contributed by atoms with Gasteiger partial charge < -0.3 is 16.0 Å². The maximum Gasteiger partial charge on any atom is 0.234 e. The van der Waals surface area contributed by atoms with Gasteiger partial charge in [0.2, 0.25) is 17.7 Å². The standard InChI is InChI=1S/C22H27N3O3S/c1-14(2)12-21(27)24-17-9-7-10-18(15(17)3)25-22(28)13-29-20-11-6-5-8-19(20)23-16(4)26/h5-11,14H,12-13H2,1-4H3,(H,23,26)(H,24,27)(H,25,28). The fraction of sp³-hybridized carbons (Fsp3) is 0.318. The van der Waals surface area contributed by atoms with Gasteiger partial charge in [-0.05, 0) is 42.7 Å². The molecule has 0 aliphatic rings. The molecule has 0 aliphatic carbocycles. The summed E-state index contributed by atoms with van der Waals surface area (Å²) in [5.74, 6) is 0.100. The summed E-state index contributed by atoms with van der Waals surface area (Å²) in [6, 6.07) is 12.8. The van der Waals surface area contributed by atoms with Gasteiger partial charge in [-0.2, -0.15) is 0 Å².